The Hall–Kier alpha value is -3.10. The molecule has 0 bridgehead atoms. The Morgan fingerprint density at radius 3 is 2.40 bits per heavy atom. The van der Waals surface area contributed by atoms with Gasteiger partial charge in [0.1, 0.15) is 5.82 Å². The van der Waals surface area contributed by atoms with Gasteiger partial charge in [0.15, 0.2) is 5.84 Å². The lowest BCUT2D eigenvalue weighted by atomic mass is 10.1. The molecule has 2 heterocycles. The number of hydrogen-bond donors (Lipinski definition) is 2. The number of anilines is 1. The van der Waals surface area contributed by atoms with Gasteiger partial charge in [0, 0.05) is 23.7 Å². The molecule has 0 saturated carbocycles. The molecule has 126 valence electrons. The van der Waals surface area contributed by atoms with Crippen LogP contribution in [0, 0.1) is 0 Å². The molecule has 2 aliphatic heterocycles. The van der Waals surface area contributed by atoms with E-state index in [2.05, 4.69) is 10.4 Å². The number of nitrogens with two attached hydrogens (primary N) is 1. The van der Waals surface area contributed by atoms with Crippen LogP contribution in [0.3, 0.4) is 0 Å². The van der Waals surface area contributed by atoms with Crippen molar-refractivity contribution in [3.05, 3.63) is 84.6 Å². The van der Waals surface area contributed by atoms with Crippen LogP contribution >= 0.6 is 0 Å². The maximum Gasteiger partial charge on any atom is 0.238 e. The van der Waals surface area contributed by atoms with Gasteiger partial charge in [-0.15, -0.1) is 5.10 Å². The lowest BCUT2D eigenvalue weighted by molar-refractivity contribution is 0.489. The van der Waals surface area contributed by atoms with Crippen molar-refractivity contribution < 1.29 is 8.42 Å². The number of fused-ring (bicyclic) bond motifs is 1. The molecule has 2 aromatic carbocycles. The van der Waals surface area contributed by atoms with Gasteiger partial charge in [0.05, 0.1) is 11.1 Å². The van der Waals surface area contributed by atoms with Crippen LogP contribution in [0.4, 0.5) is 5.69 Å². The number of rotatable bonds is 3. The summed E-state index contributed by atoms with van der Waals surface area (Å²) in [6.07, 6.45) is 5.53. The molecule has 3 N–H and O–H groups in total. The molecule has 0 fully saturated rings. The van der Waals surface area contributed by atoms with Crippen molar-refractivity contribution in [1.29, 1.82) is 0 Å². The van der Waals surface area contributed by atoms with Gasteiger partial charge >= 0.3 is 0 Å². The van der Waals surface area contributed by atoms with Crippen LogP contribution in [0.15, 0.2) is 89.0 Å². The average Bonchev–Trinajstić information content (AvgIpc) is 3.08. The van der Waals surface area contributed by atoms with Crippen LogP contribution in [0.25, 0.3) is 0 Å². The number of sulfonamides is 1. The fourth-order valence-electron chi connectivity index (χ4n) is 2.63. The van der Waals surface area contributed by atoms with Gasteiger partial charge in [-0.25, -0.2) is 18.6 Å². The third-order valence-electron chi connectivity index (χ3n) is 3.85. The van der Waals surface area contributed by atoms with E-state index in [1.165, 1.54) is 12.1 Å². The third-order valence-corrected chi connectivity index (χ3v) is 4.78. The Morgan fingerprint density at radius 1 is 1.00 bits per heavy atom. The zero-order valence-electron chi connectivity index (χ0n) is 13.1. The first-order valence-corrected chi connectivity index (χ1v) is 9.07. The molecule has 2 aliphatic rings. The molecular formula is C17H15N5O2S. The number of hydrazone groups is 1. The van der Waals surface area contributed by atoms with Gasteiger partial charge in [-0.1, -0.05) is 30.3 Å². The SMILES string of the molecule is NS(=O)(=O)c1ccc(N2C=C3NC=CN3N=C2c2ccccc2)cc1. The van der Waals surface area contributed by atoms with Crippen molar-refractivity contribution in [2.75, 3.05) is 4.90 Å². The van der Waals surface area contributed by atoms with Crippen molar-refractivity contribution in [2.45, 2.75) is 4.90 Å². The summed E-state index contributed by atoms with van der Waals surface area (Å²) in [5.74, 6) is 1.52. The van der Waals surface area contributed by atoms with Gasteiger partial charge < -0.3 is 5.32 Å². The molecule has 0 spiro atoms. The van der Waals surface area contributed by atoms with E-state index in [1.54, 1.807) is 23.3 Å². The largest absolute Gasteiger partial charge is 0.344 e. The Labute approximate surface area is 145 Å². The molecule has 25 heavy (non-hydrogen) atoms. The lowest BCUT2D eigenvalue weighted by Gasteiger charge is -2.30. The highest BCUT2D eigenvalue weighted by Gasteiger charge is 2.24. The highest BCUT2D eigenvalue weighted by Crippen LogP contribution is 2.26. The quantitative estimate of drug-likeness (QED) is 0.876. The predicted octanol–water partition coefficient (Wildman–Crippen LogP) is 1.69. The molecule has 8 heteroatoms. The van der Waals surface area contributed by atoms with Crippen LogP contribution in [-0.4, -0.2) is 19.3 Å². The Morgan fingerprint density at radius 2 is 1.72 bits per heavy atom. The summed E-state index contributed by atoms with van der Waals surface area (Å²) in [5, 5.41) is 14.7. The summed E-state index contributed by atoms with van der Waals surface area (Å²) < 4.78 is 22.9. The first kappa shape index (κ1) is 15.4. The summed E-state index contributed by atoms with van der Waals surface area (Å²) in [7, 11) is -3.72. The van der Waals surface area contributed by atoms with Crippen molar-refractivity contribution in [1.82, 2.24) is 10.3 Å². The maximum absolute atomic E-state index is 11.5. The standard InChI is InChI=1S/C17H15N5O2S/c18-25(23,24)15-8-6-14(7-9-15)21-12-16-19-10-11-22(16)20-17(21)13-4-2-1-3-5-13/h1-12,19H,(H2,18,23,24). The number of nitrogens with zero attached hydrogens (tertiary/aromatic N) is 3. The van der Waals surface area contributed by atoms with Gasteiger partial charge in [-0.3, -0.25) is 4.90 Å². The Balaban J connectivity index is 1.78. The summed E-state index contributed by atoms with van der Waals surface area (Å²) in [6.45, 7) is 0. The minimum atomic E-state index is -3.72. The minimum Gasteiger partial charge on any atom is -0.344 e. The van der Waals surface area contributed by atoms with E-state index in [4.69, 9.17) is 5.14 Å². The van der Waals surface area contributed by atoms with E-state index in [9.17, 15) is 8.42 Å². The molecule has 7 nitrogen and oxygen atoms in total. The monoisotopic (exact) mass is 353 g/mol. The summed E-state index contributed by atoms with van der Waals surface area (Å²) >= 11 is 0. The zero-order chi connectivity index (χ0) is 17.4. The van der Waals surface area contributed by atoms with E-state index < -0.39 is 10.0 Å². The molecule has 0 radical (unpaired) electrons. The van der Waals surface area contributed by atoms with Gasteiger partial charge in [-0.2, -0.15) is 0 Å². The van der Waals surface area contributed by atoms with Crippen LogP contribution < -0.4 is 15.4 Å². The molecule has 0 aromatic heterocycles. The van der Waals surface area contributed by atoms with Crippen molar-refractivity contribution in [2.24, 2.45) is 10.2 Å². The van der Waals surface area contributed by atoms with Gasteiger partial charge in [-0.05, 0) is 24.3 Å². The second-order valence-corrected chi connectivity index (χ2v) is 7.08. The molecule has 0 unspecified atom stereocenters. The third kappa shape index (κ3) is 2.88. The summed E-state index contributed by atoms with van der Waals surface area (Å²) in [5.41, 5.74) is 1.71. The van der Waals surface area contributed by atoms with Crippen molar-refractivity contribution in [3.63, 3.8) is 0 Å². The highest BCUT2D eigenvalue weighted by molar-refractivity contribution is 7.89. The second-order valence-electron chi connectivity index (χ2n) is 5.52. The summed E-state index contributed by atoms with van der Waals surface area (Å²) in [4.78, 5) is 1.97. The van der Waals surface area contributed by atoms with Gasteiger partial charge in [0.25, 0.3) is 0 Å². The molecule has 0 atom stereocenters. The van der Waals surface area contributed by atoms with E-state index in [0.29, 0.717) is 0 Å². The molecule has 0 amide bonds. The van der Waals surface area contributed by atoms with Crippen LogP contribution in [0.2, 0.25) is 0 Å². The normalized spacial score (nSPS) is 16.2. The second kappa shape index (κ2) is 5.76. The number of primary sulfonamides is 1. The van der Waals surface area contributed by atoms with E-state index in [1.807, 2.05) is 47.6 Å². The van der Waals surface area contributed by atoms with Crippen molar-refractivity contribution >= 4 is 21.5 Å². The van der Waals surface area contributed by atoms with Crippen LogP contribution in [0.1, 0.15) is 5.56 Å². The number of benzene rings is 2. The number of hydrogen-bond acceptors (Lipinski definition) is 6. The molecule has 4 rings (SSSR count). The fourth-order valence-corrected chi connectivity index (χ4v) is 3.15. The first-order valence-electron chi connectivity index (χ1n) is 7.53. The molecule has 0 aliphatic carbocycles. The topological polar surface area (TPSA) is 91.0 Å². The van der Waals surface area contributed by atoms with E-state index in [0.717, 1.165) is 22.9 Å². The van der Waals surface area contributed by atoms with Crippen molar-refractivity contribution in [3.8, 4) is 0 Å². The van der Waals surface area contributed by atoms with Gasteiger partial charge in [0.2, 0.25) is 10.0 Å². The van der Waals surface area contributed by atoms with E-state index in [-0.39, 0.29) is 4.90 Å². The smallest absolute Gasteiger partial charge is 0.238 e. The van der Waals surface area contributed by atoms with Crippen LogP contribution in [-0.2, 0) is 10.0 Å². The number of amidine groups is 1. The highest BCUT2D eigenvalue weighted by atomic mass is 32.2. The predicted molar refractivity (Wildman–Crippen MR) is 95.5 cm³/mol. The maximum atomic E-state index is 11.5. The number of nitrogens with one attached hydrogen (secondary N) is 1. The zero-order valence-corrected chi connectivity index (χ0v) is 13.9. The molecule has 0 saturated heterocycles. The minimum absolute atomic E-state index is 0.0707. The summed E-state index contributed by atoms with van der Waals surface area (Å²) in [6, 6.07) is 16.1. The lowest BCUT2D eigenvalue weighted by Crippen LogP contribution is -2.35. The average molecular weight is 353 g/mol. The first-order chi connectivity index (χ1) is 12.0. The van der Waals surface area contributed by atoms with Crippen LogP contribution in [0.5, 0.6) is 0 Å². The fraction of sp³-hybridized carbons (Fsp3) is 0. The Kier molecular flexibility index (Phi) is 3.56. The molecule has 2 aromatic rings. The van der Waals surface area contributed by atoms with E-state index >= 15 is 0 Å². The molecular weight excluding hydrogens is 338 g/mol. The Bertz CT molecular complexity index is 995.